The summed E-state index contributed by atoms with van der Waals surface area (Å²) in [5, 5.41) is 0. The van der Waals surface area contributed by atoms with Crippen LogP contribution in [0.2, 0.25) is 0 Å². The predicted molar refractivity (Wildman–Crippen MR) is 277 cm³/mol. The third-order valence-corrected chi connectivity index (χ3v) is 14.4. The van der Waals surface area contributed by atoms with Crippen molar-refractivity contribution in [2.24, 2.45) is 17.8 Å². The molecule has 0 radical (unpaired) electrons. The molecule has 318 valence electrons. The lowest BCUT2D eigenvalue weighted by molar-refractivity contribution is 0.0917. The van der Waals surface area contributed by atoms with Crippen LogP contribution in [-0.2, 0) is 38.5 Å². The van der Waals surface area contributed by atoms with E-state index in [4.69, 9.17) is 0 Å². The molecule has 7 rings (SSSR count). The zero-order valence-corrected chi connectivity index (χ0v) is 43.6. The minimum absolute atomic E-state index is 0.112. The molecule has 0 amide bonds. The van der Waals surface area contributed by atoms with Crippen LogP contribution >= 0.6 is 95.6 Å². The lowest BCUT2D eigenvalue weighted by Gasteiger charge is -2.21. The van der Waals surface area contributed by atoms with Crippen molar-refractivity contribution in [3.05, 3.63) is 241 Å². The third kappa shape index (κ3) is 13.7. The van der Waals surface area contributed by atoms with Gasteiger partial charge >= 0.3 is 0 Å². The number of benzene rings is 7. The summed E-state index contributed by atoms with van der Waals surface area (Å²) in [4.78, 5) is 45.6. The van der Waals surface area contributed by atoms with Gasteiger partial charge < -0.3 is 0 Å². The van der Waals surface area contributed by atoms with E-state index in [1.807, 2.05) is 146 Å². The number of ketones is 3. The highest BCUT2D eigenvalue weighted by atomic mass is 79.9. The number of hydrogen-bond acceptors (Lipinski definition) is 3. The Morgan fingerprint density at radius 3 is 0.556 bits per heavy atom. The number of hydrogen-bond donors (Lipinski definition) is 0. The Labute approximate surface area is 420 Å². The van der Waals surface area contributed by atoms with Crippen molar-refractivity contribution in [3.63, 3.8) is 0 Å². The zero-order valence-electron chi connectivity index (χ0n) is 34.1. The number of rotatable bonds is 18. The van der Waals surface area contributed by atoms with E-state index >= 15 is 14.4 Å². The number of Topliss-reactive ketones (excluding diaryl/α,β-unsaturated/α-hetero) is 3. The van der Waals surface area contributed by atoms with E-state index in [-0.39, 0.29) is 17.3 Å². The zero-order chi connectivity index (χ0) is 44.5. The van der Waals surface area contributed by atoms with Crippen molar-refractivity contribution in [3.8, 4) is 0 Å². The summed E-state index contributed by atoms with van der Waals surface area (Å²) in [5.74, 6) is -1.74. The first-order valence-electron chi connectivity index (χ1n) is 20.6. The van der Waals surface area contributed by atoms with E-state index in [0.717, 1.165) is 60.2 Å². The summed E-state index contributed by atoms with van der Waals surface area (Å²) in [6, 6.07) is 53.5. The maximum atomic E-state index is 15.2. The molecule has 0 bridgehead atoms. The molecule has 0 aromatic heterocycles. The van der Waals surface area contributed by atoms with Crippen molar-refractivity contribution >= 4 is 113 Å². The molecule has 0 saturated carbocycles. The first kappa shape index (κ1) is 47.4. The normalized spacial score (nSPS) is 11.4. The second-order valence-electron chi connectivity index (χ2n) is 16.0. The van der Waals surface area contributed by atoms with Crippen LogP contribution in [0, 0.1) is 17.8 Å². The van der Waals surface area contributed by atoms with Crippen molar-refractivity contribution < 1.29 is 14.4 Å². The van der Waals surface area contributed by atoms with Crippen molar-refractivity contribution in [1.82, 2.24) is 0 Å². The summed E-state index contributed by atoms with van der Waals surface area (Å²) in [5.41, 5.74) is 7.20. The van der Waals surface area contributed by atoms with Gasteiger partial charge in [-0.1, -0.05) is 168 Å². The highest BCUT2D eigenvalue weighted by Crippen LogP contribution is 2.30. The van der Waals surface area contributed by atoms with E-state index in [1.165, 1.54) is 0 Å². The highest BCUT2D eigenvalue weighted by Gasteiger charge is 2.29. The van der Waals surface area contributed by atoms with Gasteiger partial charge in [-0.3, -0.25) is 14.4 Å². The smallest absolute Gasteiger partial charge is 0.166 e. The molecule has 0 atom stereocenters. The van der Waals surface area contributed by atoms with Gasteiger partial charge in [-0.15, -0.1) is 0 Å². The molecule has 7 aromatic rings. The average Bonchev–Trinajstić information content (AvgIpc) is 3.29. The Morgan fingerprint density at radius 1 is 0.270 bits per heavy atom. The topological polar surface area (TPSA) is 51.2 Å². The summed E-state index contributed by atoms with van der Waals surface area (Å²) in [6.07, 6.45) is 2.89. The monoisotopic (exact) mass is 1210 g/mol. The van der Waals surface area contributed by atoms with Gasteiger partial charge in [0.05, 0.1) is 0 Å². The van der Waals surface area contributed by atoms with E-state index in [9.17, 15) is 0 Å². The minimum atomic E-state index is -0.469. The summed E-state index contributed by atoms with van der Waals surface area (Å²) < 4.78 is 5.74. The molecule has 0 aliphatic heterocycles. The van der Waals surface area contributed by atoms with Crippen molar-refractivity contribution in [2.75, 3.05) is 0 Å². The highest BCUT2D eigenvalue weighted by molar-refractivity contribution is 9.11. The van der Waals surface area contributed by atoms with Gasteiger partial charge in [0.25, 0.3) is 0 Å². The first-order chi connectivity index (χ1) is 30.3. The molecule has 0 fully saturated rings. The Kier molecular flexibility index (Phi) is 17.0. The van der Waals surface area contributed by atoms with Crippen LogP contribution < -0.4 is 0 Å². The minimum Gasteiger partial charge on any atom is -0.294 e. The average molecular weight is 1220 g/mol. The molecule has 0 aliphatic rings. The van der Waals surface area contributed by atoms with Gasteiger partial charge in [0.1, 0.15) is 0 Å². The molecule has 0 aliphatic carbocycles. The van der Waals surface area contributed by atoms with Crippen LogP contribution in [0.25, 0.3) is 0 Å². The number of carbonyl (C=O) groups is 3. The third-order valence-electron chi connectivity index (χ3n) is 11.3. The second kappa shape index (κ2) is 22.6. The van der Waals surface area contributed by atoms with Crippen molar-refractivity contribution in [1.29, 1.82) is 0 Å². The van der Waals surface area contributed by atoms with Crippen LogP contribution in [0.4, 0.5) is 0 Å². The molecule has 63 heavy (non-hydrogen) atoms. The Hall–Kier alpha value is -3.57. The fourth-order valence-electron chi connectivity index (χ4n) is 7.96. The summed E-state index contributed by atoms with van der Waals surface area (Å²) in [6.45, 7) is 0. The predicted octanol–water partition coefficient (Wildman–Crippen LogP) is 16.1. The first-order valence-corrected chi connectivity index (χ1v) is 25.4. The fraction of sp³-hybridized carbons (Fsp3) is 0.167. The molecule has 0 heterocycles. The number of carbonyl (C=O) groups excluding carboxylic acids is 3. The molecule has 0 unspecified atom stereocenters. The van der Waals surface area contributed by atoms with Gasteiger partial charge in [0.2, 0.25) is 0 Å². The van der Waals surface area contributed by atoms with E-state index in [2.05, 4.69) is 95.6 Å². The Balaban J connectivity index is 1.34. The molecule has 9 heteroatoms. The largest absolute Gasteiger partial charge is 0.294 e. The van der Waals surface area contributed by atoms with Crippen molar-refractivity contribution in [2.45, 2.75) is 38.5 Å². The van der Waals surface area contributed by atoms with E-state index in [0.29, 0.717) is 55.2 Å². The SMILES string of the molecule is O=C(c1cc(C(=O)C(Cc2ccc(Br)cc2)Cc2ccc(Br)cc2)cc(C(=O)C(Cc2ccc(Br)cc2)Cc2ccc(Br)cc2)c1)C(Cc1ccc(Br)cc1)Cc1ccc(Br)cc1. The van der Waals surface area contributed by atoms with Gasteiger partial charge in [-0.2, -0.15) is 0 Å². The summed E-state index contributed by atoms with van der Waals surface area (Å²) >= 11 is 21.3. The van der Waals surface area contributed by atoms with Crippen LogP contribution in [0.1, 0.15) is 64.5 Å². The van der Waals surface area contributed by atoms with E-state index in [1.54, 1.807) is 18.2 Å². The van der Waals surface area contributed by atoms with Gasteiger partial charge in [-0.25, -0.2) is 0 Å². The van der Waals surface area contributed by atoms with Gasteiger partial charge in [0, 0.05) is 61.3 Å². The van der Waals surface area contributed by atoms with Gasteiger partial charge in [0.15, 0.2) is 17.3 Å². The molecular weight excluding hydrogens is 1180 g/mol. The summed E-state index contributed by atoms with van der Waals surface area (Å²) in [7, 11) is 0. The number of halogens is 6. The lowest BCUT2D eigenvalue weighted by atomic mass is 9.81. The molecule has 0 saturated heterocycles. The lowest BCUT2D eigenvalue weighted by Crippen LogP contribution is -2.25. The maximum Gasteiger partial charge on any atom is 0.166 e. The molecular formula is C54H42Br6O3. The fourth-order valence-corrected chi connectivity index (χ4v) is 9.55. The molecule has 3 nitrogen and oxygen atoms in total. The molecule has 7 aromatic carbocycles. The Bertz CT molecular complexity index is 2210. The molecule has 0 N–H and O–H groups in total. The maximum absolute atomic E-state index is 15.2. The Morgan fingerprint density at radius 2 is 0.413 bits per heavy atom. The van der Waals surface area contributed by atoms with Gasteiger partial charge in [-0.05, 0) is 163 Å². The van der Waals surface area contributed by atoms with E-state index < -0.39 is 17.8 Å². The van der Waals surface area contributed by atoms with Crippen LogP contribution in [0.3, 0.4) is 0 Å². The van der Waals surface area contributed by atoms with Crippen LogP contribution in [-0.4, -0.2) is 17.3 Å². The standard InChI is InChI=1S/C54H42Br6O3/c55-46-13-1-34(2-14-46)25-40(26-35-3-15-47(56)16-4-35)52(61)43-31-44(53(62)41(27-36-5-17-48(57)18-6-36)28-37-7-19-49(58)20-8-37)33-45(32-43)54(63)42(29-38-9-21-50(59)22-10-38)30-39-11-23-51(60)24-12-39/h1-24,31-33,40-42H,25-30H2. The quantitative estimate of drug-likeness (QED) is 0.0805. The van der Waals surface area contributed by atoms with Crippen LogP contribution in [0.15, 0.2) is 191 Å². The second-order valence-corrected chi connectivity index (χ2v) is 21.5. The van der Waals surface area contributed by atoms with Crippen LogP contribution in [0.5, 0.6) is 0 Å². The molecule has 0 spiro atoms.